The van der Waals surface area contributed by atoms with Gasteiger partial charge in [-0.25, -0.2) is 0 Å². The SMILES string of the molecule is CCC(N)Cc1cccc(C)c1OCc1ccc(O)cc1. The van der Waals surface area contributed by atoms with Crippen LogP contribution in [-0.4, -0.2) is 11.1 Å². The normalized spacial score (nSPS) is 12.1. The monoisotopic (exact) mass is 285 g/mol. The van der Waals surface area contributed by atoms with E-state index in [2.05, 4.69) is 13.0 Å². The summed E-state index contributed by atoms with van der Waals surface area (Å²) in [5.74, 6) is 1.19. The van der Waals surface area contributed by atoms with Crippen LogP contribution in [0.15, 0.2) is 42.5 Å². The van der Waals surface area contributed by atoms with E-state index in [0.29, 0.717) is 6.61 Å². The summed E-state index contributed by atoms with van der Waals surface area (Å²) < 4.78 is 6.00. The molecule has 0 aromatic heterocycles. The highest BCUT2D eigenvalue weighted by atomic mass is 16.5. The molecule has 2 aromatic rings. The van der Waals surface area contributed by atoms with Gasteiger partial charge in [-0.2, -0.15) is 0 Å². The van der Waals surface area contributed by atoms with Crippen molar-refractivity contribution in [2.24, 2.45) is 5.73 Å². The van der Waals surface area contributed by atoms with E-state index in [1.54, 1.807) is 12.1 Å². The molecular formula is C18H23NO2. The van der Waals surface area contributed by atoms with E-state index >= 15 is 0 Å². The second kappa shape index (κ2) is 7.14. The highest BCUT2D eigenvalue weighted by molar-refractivity contribution is 5.41. The molecule has 0 aliphatic heterocycles. The van der Waals surface area contributed by atoms with E-state index < -0.39 is 0 Å². The zero-order valence-corrected chi connectivity index (χ0v) is 12.7. The molecule has 112 valence electrons. The summed E-state index contributed by atoms with van der Waals surface area (Å²) in [6, 6.07) is 13.4. The minimum Gasteiger partial charge on any atom is -0.508 e. The summed E-state index contributed by atoms with van der Waals surface area (Å²) in [6.45, 7) is 4.63. The highest BCUT2D eigenvalue weighted by Crippen LogP contribution is 2.26. The van der Waals surface area contributed by atoms with Gasteiger partial charge >= 0.3 is 0 Å². The van der Waals surface area contributed by atoms with Crippen LogP contribution in [-0.2, 0) is 13.0 Å². The molecule has 2 rings (SSSR count). The molecule has 0 saturated heterocycles. The fraction of sp³-hybridized carbons (Fsp3) is 0.333. The number of phenols is 1. The minimum absolute atomic E-state index is 0.155. The Balaban J connectivity index is 2.12. The first kappa shape index (κ1) is 15.4. The minimum atomic E-state index is 0.155. The van der Waals surface area contributed by atoms with Crippen LogP contribution in [0.3, 0.4) is 0 Å². The number of benzene rings is 2. The molecular weight excluding hydrogens is 262 g/mol. The van der Waals surface area contributed by atoms with E-state index in [9.17, 15) is 5.11 Å². The number of rotatable bonds is 6. The van der Waals surface area contributed by atoms with Gasteiger partial charge in [0.1, 0.15) is 18.1 Å². The van der Waals surface area contributed by atoms with Crippen molar-refractivity contribution in [3.63, 3.8) is 0 Å². The van der Waals surface area contributed by atoms with Crippen LogP contribution in [0.25, 0.3) is 0 Å². The molecule has 3 nitrogen and oxygen atoms in total. The Hall–Kier alpha value is -2.00. The molecule has 0 radical (unpaired) electrons. The highest BCUT2D eigenvalue weighted by Gasteiger charge is 2.10. The fourth-order valence-corrected chi connectivity index (χ4v) is 2.25. The topological polar surface area (TPSA) is 55.5 Å². The fourth-order valence-electron chi connectivity index (χ4n) is 2.25. The van der Waals surface area contributed by atoms with Gasteiger partial charge in [-0.3, -0.25) is 0 Å². The Morgan fingerprint density at radius 2 is 1.86 bits per heavy atom. The second-order valence-electron chi connectivity index (χ2n) is 5.39. The molecule has 21 heavy (non-hydrogen) atoms. The first-order valence-corrected chi connectivity index (χ1v) is 7.35. The predicted molar refractivity (Wildman–Crippen MR) is 85.6 cm³/mol. The molecule has 0 aliphatic carbocycles. The van der Waals surface area contributed by atoms with Gasteiger partial charge in [0, 0.05) is 6.04 Å². The molecule has 3 N–H and O–H groups in total. The van der Waals surface area contributed by atoms with Crippen LogP contribution in [0.5, 0.6) is 11.5 Å². The lowest BCUT2D eigenvalue weighted by Gasteiger charge is -2.16. The third kappa shape index (κ3) is 4.23. The summed E-state index contributed by atoms with van der Waals surface area (Å²) in [7, 11) is 0. The Kier molecular flexibility index (Phi) is 5.23. The number of para-hydroxylation sites is 1. The standard InChI is InChI=1S/C18H23NO2/c1-3-16(19)11-15-6-4-5-13(2)18(15)21-12-14-7-9-17(20)10-8-14/h4-10,16,20H,3,11-12,19H2,1-2H3. The molecule has 1 unspecified atom stereocenters. The third-order valence-electron chi connectivity index (χ3n) is 3.62. The zero-order valence-electron chi connectivity index (χ0n) is 12.7. The number of aromatic hydroxyl groups is 1. The van der Waals surface area contributed by atoms with Crippen LogP contribution in [0.2, 0.25) is 0 Å². The van der Waals surface area contributed by atoms with Gasteiger partial charge in [0.25, 0.3) is 0 Å². The summed E-state index contributed by atoms with van der Waals surface area (Å²) in [6.07, 6.45) is 1.77. The van der Waals surface area contributed by atoms with Gasteiger partial charge in [-0.15, -0.1) is 0 Å². The van der Waals surface area contributed by atoms with E-state index in [0.717, 1.165) is 35.3 Å². The van der Waals surface area contributed by atoms with E-state index in [4.69, 9.17) is 10.5 Å². The van der Waals surface area contributed by atoms with E-state index in [1.165, 1.54) is 0 Å². The maximum absolute atomic E-state index is 9.30. The summed E-state index contributed by atoms with van der Waals surface area (Å²) in [4.78, 5) is 0. The lowest BCUT2D eigenvalue weighted by Crippen LogP contribution is -2.21. The van der Waals surface area contributed by atoms with Crippen molar-refractivity contribution in [2.75, 3.05) is 0 Å². The van der Waals surface area contributed by atoms with Gasteiger partial charge in [0.2, 0.25) is 0 Å². The molecule has 0 spiro atoms. The number of aryl methyl sites for hydroxylation is 1. The van der Waals surface area contributed by atoms with Gasteiger partial charge in [0.15, 0.2) is 0 Å². The van der Waals surface area contributed by atoms with Crippen LogP contribution < -0.4 is 10.5 Å². The van der Waals surface area contributed by atoms with E-state index in [1.807, 2.05) is 31.2 Å². The van der Waals surface area contributed by atoms with E-state index in [-0.39, 0.29) is 11.8 Å². The zero-order chi connectivity index (χ0) is 15.2. The van der Waals surface area contributed by atoms with Crippen molar-refractivity contribution in [3.05, 3.63) is 59.2 Å². The molecule has 1 atom stereocenters. The smallest absolute Gasteiger partial charge is 0.125 e. The number of ether oxygens (including phenoxy) is 1. The quantitative estimate of drug-likeness (QED) is 0.853. The second-order valence-corrected chi connectivity index (χ2v) is 5.39. The Labute approximate surface area is 126 Å². The Bertz CT molecular complexity index is 578. The largest absolute Gasteiger partial charge is 0.508 e. The van der Waals surface area contributed by atoms with Crippen molar-refractivity contribution >= 4 is 0 Å². The molecule has 0 heterocycles. The lowest BCUT2D eigenvalue weighted by molar-refractivity contribution is 0.300. The first-order chi connectivity index (χ1) is 10.1. The van der Waals surface area contributed by atoms with Crippen molar-refractivity contribution in [3.8, 4) is 11.5 Å². The van der Waals surface area contributed by atoms with Crippen molar-refractivity contribution < 1.29 is 9.84 Å². The Morgan fingerprint density at radius 3 is 2.52 bits per heavy atom. The lowest BCUT2D eigenvalue weighted by atomic mass is 10.0. The van der Waals surface area contributed by atoms with Gasteiger partial charge in [0.05, 0.1) is 0 Å². The van der Waals surface area contributed by atoms with Crippen molar-refractivity contribution in [2.45, 2.75) is 39.3 Å². The predicted octanol–water partition coefficient (Wildman–Crippen LogP) is 3.56. The first-order valence-electron chi connectivity index (χ1n) is 7.35. The van der Waals surface area contributed by atoms with Crippen LogP contribution in [0.1, 0.15) is 30.0 Å². The molecule has 0 amide bonds. The summed E-state index contributed by atoms with van der Waals surface area (Å²) in [5, 5.41) is 9.30. The summed E-state index contributed by atoms with van der Waals surface area (Å²) in [5.41, 5.74) is 9.37. The molecule has 0 aliphatic rings. The maximum atomic E-state index is 9.30. The van der Waals surface area contributed by atoms with Gasteiger partial charge in [-0.05, 0) is 48.6 Å². The number of hydrogen-bond acceptors (Lipinski definition) is 3. The third-order valence-corrected chi connectivity index (χ3v) is 3.62. The molecule has 2 aromatic carbocycles. The molecule has 0 saturated carbocycles. The molecule has 3 heteroatoms. The number of nitrogens with two attached hydrogens (primary N) is 1. The molecule has 0 bridgehead atoms. The average Bonchev–Trinajstić information content (AvgIpc) is 2.48. The Morgan fingerprint density at radius 1 is 1.14 bits per heavy atom. The van der Waals surface area contributed by atoms with Crippen molar-refractivity contribution in [1.82, 2.24) is 0 Å². The number of phenolic OH excluding ortho intramolecular Hbond substituents is 1. The number of hydrogen-bond donors (Lipinski definition) is 2. The van der Waals surface area contributed by atoms with Crippen LogP contribution in [0, 0.1) is 6.92 Å². The van der Waals surface area contributed by atoms with Crippen LogP contribution in [0.4, 0.5) is 0 Å². The van der Waals surface area contributed by atoms with Crippen molar-refractivity contribution in [1.29, 1.82) is 0 Å². The van der Waals surface area contributed by atoms with Gasteiger partial charge < -0.3 is 15.6 Å². The maximum Gasteiger partial charge on any atom is 0.125 e. The molecule has 0 fully saturated rings. The average molecular weight is 285 g/mol. The van der Waals surface area contributed by atoms with Gasteiger partial charge in [-0.1, -0.05) is 37.3 Å². The van der Waals surface area contributed by atoms with Crippen LogP contribution >= 0.6 is 0 Å². The summed E-state index contributed by atoms with van der Waals surface area (Å²) >= 11 is 0.